The van der Waals surface area contributed by atoms with Gasteiger partial charge in [0.15, 0.2) is 0 Å². The number of nitrogens with zero attached hydrogens (tertiary/aromatic N) is 2. The molecule has 0 saturated heterocycles. The van der Waals surface area contributed by atoms with Crippen LogP contribution in [-0.2, 0) is 6.54 Å². The highest BCUT2D eigenvalue weighted by atomic mass is 35.5. The van der Waals surface area contributed by atoms with Crippen LogP contribution in [0.5, 0.6) is 0 Å². The lowest BCUT2D eigenvalue weighted by Gasteiger charge is -2.06. The second kappa shape index (κ2) is 7.62. The van der Waals surface area contributed by atoms with Crippen LogP contribution in [0.4, 0.5) is 5.82 Å². The van der Waals surface area contributed by atoms with Gasteiger partial charge >= 0.3 is 0 Å². The van der Waals surface area contributed by atoms with Crippen LogP contribution in [0.25, 0.3) is 16.9 Å². The third-order valence-corrected chi connectivity index (χ3v) is 4.51. The van der Waals surface area contributed by atoms with Crippen molar-refractivity contribution in [1.82, 2.24) is 15.1 Å². The highest BCUT2D eigenvalue weighted by molar-refractivity contribution is 6.30. The lowest BCUT2D eigenvalue weighted by atomic mass is 10.1. The zero-order valence-electron chi connectivity index (χ0n) is 14.8. The van der Waals surface area contributed by atoms with Crippen LogP contribution < -0.4 is 11.1 Å². The van der Waals surface area contributed by atoms with Crippen molar-refractivity contribution in [2.75, 3.05) is 5.73 Å². The van der Waals surface area contributed by atoms with Gasteiger partial charge in [-0.1, -0.05) is 23.7 Å². The van der Waals surface area contributed by atoms with Gasteiger partial charge in [-0.15, -0.1) is 0 Å². The Morgan fingerprint density at radius 1 is 1.11 bits per heavy atom. The first-order chi connectivity index (χ1) is 13.6. The molecule has 0 aliphatic carbocycles. The molecule has 2 aromatic carbocycles. The first-order valence-electron chi connectivity index (χ1n) is 8.62. The molecular formula is C21H17ClN4O2. The summed E-state index contributed by atoms with van der Waals surface area (Å²) in [6.45, 7) is 0.337. The number of aromatic nitrogens is 2. The number of furan rings is 1. The van der Waals surface area contributed by atoms with Crippen molar-refractivity contribution in [3.8, 4) is 16.9 Å². The van der Waals surface area contributed by atoms with E-state index in [0.29, 0.717) is 28.7 Å². The fraction of sp³-hybridized carbons (Fsp3) is 0.0476. The number of carbonyl (C=O) groups excluding carboxylic acids is 1. The van der Waals surface area contributed by atoms with Crippen LogP contribution in [0.2, 0.25) is 5.02 Å². The number of benzene rings is 2. The predicted octanol–water partition coefficient (Wildman–Crippen LogP) is 4.30. The van der Waals surface area contributed by atoms with E-state index in [1.807, 2.05) is 30.3 Å². The summed E-state index contributed by atoms with van der Waals surface area (Å²) < 4.78 is 6.84. The van der Waals surface area contributed by atoms with Gasteiger partial charge in [-0.25, -0.2) is 4.68 Å². The van der Waals surface area contributed by atoms with Crippen molar-refractivity contribution in [1.29, 1.82) is 0 Å². The molecule has 0 saturated carbocycles. The van der Waals surface area contributed by atoms with Gasteiger partial charge in [0.25, 0.3) is 5.91 Å². The highest BCUT2D eigenvalue weighted by Gasteiger charge is 2.11. The van der Waals surface area contributed by atoms with Gasteiger partial charge in [-0.2, -0.15) is 5.10 Å². The molecule has 0 bridgehead atoms. The summed E-state index contributed by atoms with van der Waals surface area (Å²) in [5, 5.41) is 8.04. The Labute approximate surface area is 166 Å². The third-order valence-electron chi connectivity index (χ3n) is 4.25. The molecule has 0 aliphatic rings. The minimum Gasteiger partial charge on any atom is -0.467 e. The van der Waals surface area contributed by atoms with Gasteiger partial charge in [-0.3, -0.25) is 4.79 Å². The van der Waals surface area contributed by atoms with Crippen LogP contribution in [0.15, 0.2) is 77.4 Å². The Bertz CT molecular complexity index is 1080. The van der Waals surface area contributed by atoms with E-state index in [9.17, 15) is 4.79 Å². The molecule has 2 heterocycles. The first-order valence-corrected chi connectivity index (χ1v) is 9.00. The van der Waals surface area contributed by atoms with Gasteiger partial charge in [0.2, 0.25) is 0 Å². The number of amides is 1. The van der Waals surface area contributed by atoms with Gasteiger partial charge in [-0.05, 0) is 48.5 Å². The van der Waals surface area contributed by atoms with Crippen LogP contribution in [0.1, 0.15) is 16.1 Å². The zero-order chi connectivity index (χ0) is 19.5. The average molecular weight is 393 g/mol. The summed E-state index contributed by atoms with van der Waals surface area (Å²) in [5.74, 6) is 1.02. The van der Waals surface area contributed by atoms with Crippen LogP contribution in [-0.4, -0.2) is 15.7 Å². The molecule has 0 atom stereocenters. The molecule has 0 unspecified atom stereocenters. The fourth-order valence-electron chi connectivity index (χ4n) is 2.80. The fourth-order valence-corrected chi connectivity index (χ4v) is 2.93. The molecule has 140 valence electrons. The number of rotatable bonds is 5. The van der Waals surface area contributed by atoms with Gasteiger partial charge in [0, 0.05) is 22.2 Å². The van der Waals surface area contributed by atoms with Crippen LogP contribution >= 0.6 is 11.6 Å². The smallest absolute Gasteiger partial charge is 0.251 e. The van der Waals surface area contributed by atoms with E-state index in [1.165, 1.54) is 0 Å². The monoisotopic (exact) mass is 392 g/mol. The number of nitrogens with one attached hydrogen (secondary N) is 1. The van der Waals surface area contributed by atoms with Crippen LogP contribution in [0, 0.1) is 0 Å². The molecule has 0 aliphatic heterocycles. The molecule has 0 radical (unpaired) electrons. The minimum atomic E-state index is -0.182. The zero-order valence-corrected chi connectivity index (χ0v) is 15.6. The predicted molar refractivity (Wildman–Crippen MR) is 108 cm³/mol. The molecule has 4 rings (SSSR count). The maximum absolute atomic E-state index is 12.3. The molecule has 0 fully saturated rings. The number of hydrogen-bond donors (Lipinski definition) is 2. The second-order valence-corrected chi connectivity index (χ2v) is 6.62. The molecule has 28 heavy (non-hydrogen) atoms. The molecule has 4 aromatic rings. The van der Waals surface area contributed by atoms with E-state index in [2.05, 4.69) is 10.4 Å². The normalized spacial score (nSPS) is 10.8. The van der Waals surface area contributed by atoms with Crippen molar-refractivity contribution in [3.63, 3.8) is 0 Å². The van der Waals surface area contributed by atoms with Gasteiger partial charge < -0.3 is 15.5 Å². The summed E-state index contributed by atoms with van der Waals surface area (Å²) in [6, 6.07) is 19.9. The van der Waals surface area contributed by atoms with E-state index in [0.717, 1.165) is 16.9 Å². The van der Waals surface area contributed by atoms with E-state index >= 15 is 0 Å². The molecule has 2 aromatic heterocycles. The molecule has 0 spiro atoms. The summed E-state index contributed by atoms with van der Waals surface area (Å²) in [5.41, 5.74) is 9.09. The average Bonchev–Trinajstić information content (AvgIpc) is 3.36. The van der Waals surface area contributed by atoms with Crippen molar-refractivity contribution in [2.24, 2.45) is 0 Å². The van der Waals surface area contributed by atoms with E-state index in [-0.39, 0.29) is 5.91 Å². The lowest BCUT2D eigenvalue weighted by molar-refractivity contribution is 0.0948. The Balaban J connectivity index is 1.50. The Kier molecular flexibility index (Phi) is 4.87. The topological polar surface area (TPSA) is 86.1 Å². The number of anilines is 1. The Hall–Kier alpha value is -3.51. The van der Waals surface area contributed by atoms with Gasteiger partial charge in [0.05, 0.1) is 24.2 Å². The summed E-state index contributed by atoms with van der Waals surface area (Å²) in [6.07, 6.45) is 1.57. The van der Waals surface area contributed by atoms with Crippen molar-refractivity contribution in [3.05, 3.63) is 89.3 Å². The quantitative estimate of drug-likeness (QED) is 0.530. The Morgan fingerprint density at radius 3 is 2.54 bits per heavy atom. The number of hydrogen-bond acceptors (Lipinski definition) is 4. The number of halogens is 1. The standard InChI is InChI=1S/C21H17ClN4O2/c22-16-7-3-14(4-8-16)19-12-20(23)26(25-19)17-9-5-15(6-10-17)21(27)24-13-18-2-1-11-28-18/h1-12H,13,23H2,(H,24,27). The summed E-state index contributed by atoms with van der Waals surface area (Å²) >= 11 is 5.94. The SMILES string of the molecule is Nc1cc(-c2ccc(Cl)cc2)nn1-c1ccc(C(=O)NCc2ccco2)cc1. The number of nitrogen functional groups attached to an aromatic ring is 1. The maximum Gasteiger partial charge on any atom is 0.251 e. The summed E-state index contributed by atoms with van der Waals surface area (Å²) in [4.78, 5) is 12.3. The first kappa shape index (κ1) is 17.9. The molecule has 6 nitrogen and oxygen atoms in total. The van der Waals surface area contributed by atoms with Gasteiger partial charge in [0.1, 0.15) is 11.6 Å². The molecule has 1 amide bonds. The van der Waals surface area contributed by atoms with Crippen molar-refractivity contribution in [2.45, 2.75) is 6.54 Å². The lowest BCUT2D eigenvalue weighted by Crippen LogP contribution is -2.22. The van der Waals surface area contributed by atoms with E-state index in [1.54, 1.807) is 47.3 Å². The number of carbonyl (C=O) groups is 1. The van der Waals surface area contributed by atoms with E-state index in [4.69, 9.17) is 21.8 Å². The molecule has 3 N–H and O–H groups in total. The highest BCUT2D eigenvalue weighted by Crippen LogP contribution is 2.24. The minimum absolute atomic E-state index is 0.182. The van der Waals surface area contributed by atoms with E-state index < -0.39 is 0 Å². The van der Waals surface area contributed by atoms with Crippen molar-refractivity contribution < 1.29 is 9.21 Å². The second-order valence-electron chi connectivity index (χ2n) is 6.18. The number of nitrogens with two attached hydrogens (primary N) is 1. The van der Waals surface area contributed by atoms with Crippen LogP contribution in [0.3, 0.4) is 0 Å². The molecule has 7 heteroatoms. The largest absolute Gasteiger partial charge is 0.467 e. The molecular weight excluding hydrogens is 376 g/mol. The Morgan fingerprint density at radius 2 is 1.86 bits per heavy atom. The third kappa shape index (κ3) is 3.77. The van der Waals surface area contributed by atoms with Crippen molar-refractivity contribution >= 4 is 23.3 Å². The summed E-state index contributed by atoms with van der Waals surface area (Å²) in [7, 11) is 0. The maximum atomic E-state index is 12.3.